The Labute approximate surface area is 277 Å². The van der Waals surface area contributed by atoms with Crippen LogP contribution < -0.4 is 20.6 Å². The lowest BCUT2D eigenvalue weighted by Crippen LogP contribution is -2.58. The highest BCUT2D eigenvalue weighted by Crippen LogP contribution is 2.39. The van der Waals surface area contributed by atoms with Crippen molar-refractivity contribution in [2.24, 2.45) is 5.92 Å². The average molecular weight is 663 g/mol. The Hall–Kier alpha value is -4.62. The summed E-state index contributed by atoms with van der Waals surface area (Å²) in [5, 5.41) is 15.0. The van der Waals surface area contributed by atoms with Crippen LogP contribution in [0.3, 0.4) is 0 Å². The van der Waals surface area contributed by atoms with Gasteiger partial charge in [0.15, 0.2) is 11.5 Å². The summed E-state index contributed by atoms with van der Waals surface area (Å²) in [5.74, 6) is -1.78. The lowest BCUT2D eigenvalue weighted by molar-refractivity contribution is -0.128. The molecule has 3 aliphatic heterocycles. The maximum absolute atomic E-state index is 16.4. The van der Waals surface area contributed by atoms with Gasteiger partial charge in [-0.05, 0) is 63.2 Å². The Morgan fingerprint density at radius 1 is 1.21 bits per heavy atom. The summed E-state index contributed by atoms with van der Waals surface area (Å²) in [5.41, 5.74) is -0.349. The lowest BCUT2D eigenvalue weighted by Gasteiger charge is -2.44. The molecule has 2 bridgehead atoms. The van der Waals surface area contributed by atoms with Gasteiger partial charge in [-0.25, -0.2) is 23.1 Å². The number of fused-ring (bicyclic) bond motifs is 4. The summed E-state index contributed by atoms with van der Waals surface area (Å²) in [6.07, 6.45) is 2.51. The van der Waals surface area contributed by atoms with E-state index in [9.17, 15) is 14.7 Å². The van der Waals surface area contributed by atoms with Crippen molar-refractivity contribution in [3.63, 3.8) is 0 Å². The van der Waals surface area contributed by atoms with Gasteiger partial charge in [-0.2, -0.15) is 4.98 Å². The molecule has 2 N–H and O–H groups in total. The fourth-order valence-electron chi connectivity index (χ4n) is 6.87. The number of piperazine rings is 1. The molecule has 3 aromatic rings. The molecule has 5 heterocycles. The third-order valence-corrected chi connectivity index (χ3v) is 9.18. The summed E-state index contributed by atoms with van der Waals surface area (Å²) in [4.78, 5) is 39.9. The number of ether oxygens (including phenoxy) is 2. The Kier molecular flexibility index (Phi) is 9.10. The van der Waals surface area contributed by atoms with Crippen LogP contribution in [0.5, 0.6) is 5.75 Å². The molecule has 48 heavy (non-hydrogen) atoms. The van der Waals surface area contributed by atoms with Crippen LogP contribution in [0.4, 0.5) is 14.6 Å². The van der Waals surface area contributed by atoms with Crippen molar-refractivity contribution in [2.75, 3.05) is 31.2 Å². The number of carbonyl (C=O) groups excluding carboxylic acids is 1. The Morgan fingerprint density at radius 2 is 1.98 bits per heavy atom. The quantitative estimate of drug-likeness (QED) is 0.393. The summed E-state index contributed by atoms with van der Waals surface area (Å²) >= 11 is 0. The van der Waals surface area contributed by atoms with Gasteiger partial charge in [0.2, 0.25) is 5.91 Å². The zero-order chi connectivity index (χ0) is 34.4. The molecule has 2 aromatic heterocycles. The van der Waals surface area contributed by atoms with Gasteiger partial charge >= 0.3 is 5.69 Å². The molecule has 13 heteroatoms. The van der Waals surface area contributed by atoms with Crippen LogP contribution in [0, 0.1) is 17.6 Å². The number of nitrogens with zero attached hydrogens (tertiary/aromatic N) is 5. The van der Waals surface area contributed by atoms with Crippen molar-refractivity contribution in [2.45, 2.75) is 65.0 Å². The van der Waals surface area contributed by atoms with Crippen molar-refractivity contribution in [1.29, 1.82) is 0 Å². The number of carbonyl (C=O) groups is 1. The summed E-state index contributed by atoms with van der Waals surface area (Å²) in [6.45, 7) is 13.6. The second-order valence-corrected chi connectivity index (χ2v) is 12.7. The molecule has 11 nitrogen and oxygen atoms in total. The fraction of sp³-hybridized carbons (Fsp3) is 0.429. The predicted octanol–water partition coefficient (Wildman–Crippen LogP) is 3.86. The standard InChI is InChI=1S/C35H40F2N6O5/c1-7-27(45)41-15-20(6)42(16-19(41)5)33-22-14-24(37)30-28-23(36)10-9-11-26(28)48-17-25(44)32(47-8-2)21-12-13-38-29(18(3)4)31(21)43(34(22)39-30)35(46)40-33/h7,9-14,18-20,25,29,32,38,44H,1,8,15-17H2,2-6H3/t19-,20+,25?,29?,32?/m1/s1. The predicted molar refractivity (Wildman–Crippen MR) is 178 cm³/mol. The molecule has 0 spiro atoms. The number of aliphatic hydroxyl groups excluding tert-OH is 1. The number of hydrogen-bond acceptors (Lipinski definition) is 9. The van der Waals surface area contributed by atoms with Gasteiger partial charge in [0.05, 0.1) is 22.7 Å². The number of amides is 1. The molecule has 254 valence electrons. The van der Waals surface area contributed by atoms with Crippen LogP contribution in [0.25, 0.3) is 28.0 Å². The summed E-state index contributed by atoms with van der Waals surface area (Å²) in [6, 6.07) is 4.21. The van der Waals surface area contributed by atoms with Crippen molar-refractivity contribution in [3.05, 3.63) is 76.9 Å². The van der Waals surface area contributed by atoms with Crippen molar-refractivity contribution in [1.82, 2.24) is 24.8 Å². The number of pyridine rings is 1. The molecule has 1 saturated heterocycles. The maximum Gasteiger partial charge on any atom is 0.355 e. The topological polar surface area (TPSA) is 122 Å². The molecule has 1 aromatic carbocycles. The van der Waals surface area contributed by atoms with E-state index in [1.807, 2.05) is 32.6 Å². The van der Waals surface area contributed by atoms with Crippen LogP contribution in [0.15, 0.2) is 59.6 Å². The first-order valence-corrected chi connectivity index (χ1v) is 16.2. The number of rotatable bonds is 5. The molecule has 3 aliphatic rings. The van der Waals surface area contributed by atoms with Crippen molar-refractivity contribution >= 4 is 28.5 Å². The number of benzene rings is 1. The van der Waals surface area contributed by atoms with Gasteiger partial charge in [-0.1, -0.05) is 26.5 Å². The number of nitrogens with one attached hydrogen (secondary N) is 1. The first-order valence-electron chi connectivity index (χ1n) is 16.2. The molecule has 1 amide bonds. The number of aromatic nitrogens is 3. The molecule has 3 unspecified atom stereocenters. The molecule has 1 fully saturated rings. The van der Waals surface area contributed by atoms with E-state index in [1.165, 1.54) is 34.9 Å². The van der Waals surface area contributed by atoms with E-state index >= 15 is 8.78 Å². The highest BCUT2D eigenvalue weighted by atomic mass is 19.1. The lowest BCUT2D eigenvalue weighted by atomic mass is 9.90. The van der Waals surface area contributed by atoms with E-state index in [-0.39, 0.29) is 71.0 Å². The van der Waals surface area contributed by atoms with E-state index in [2.05, 4.69) is 16.9 Å². The normalized spacial score (nSPS) is 24.1. The first kappa shape index (κ1) is 33.3. The molecular weight excluding hydrogens is 622 g/mol. The van der Waals surface area contributed by atoms with Crippen LogP contribution in [0.1, 0.15) is 34.6 Å². The maximum atomic E-state index is 16.4. The van der Waals surface area contributed by atoms with E-state index in [0.717, 1.165) is 0 Å². The van der Waals surface area contributed by atoms with Gasteiger partial charge in [0.25, 0.3) is 0 Å². The number of dihydropyridines is 1. The molecule has 0 radical (unpaired) electrons. The van der Waals surface area contributed by atoms with Crippen LogP contribution >= 0.6 is 0 Å². The minimum Gasteiger partial charge on any atom is -0.490 e. The minimum atomic E-state index is -1.26. The second-order valence-electron chi connectivity index (χ2n) is 12.7. The molecule has 6 rings (SSSR count). The largest absolute Gasteiger partial charge is 0.490 e. The SMILES string of the molecule is C=CC(=O)N1C[C@H](C)N(c2nc(=O)n3c4nc(c(F)cc24)-c2c(F)cccc2OCC(O)C(OCC)C2=C3C(C(C)C)NC=C2)C[C@H]1C. The molecular formula is C35H40F2N6O5. The van der Waals surface area contributed by atoms with E-state index in [0.29, 0.717) is 24.4 Å². The van der Waals surface area contributed by atoms with E-state index in [1.54, 1.807) is 24.1 Å². The number of hydrogen-bond donors (Lipinski definition) is 2. The third kappa shape index (κ3) is 5.64. The number of anilines is 1. The van der Waals surface area contributed by atoms with Gasteiger partial charge in [0.1, 0.15) is 41.9 Å². The third-order valence-electron chi connectivity index (χ3n) is 9.18. The Balaban J connectivity index is 1.71. The van der Waals surface area contributed by atoms with Gasteiger partial charge in [0, 0.05) is 37.4 Å². The number of halogens is 2. The van der Waals surface area contributed by atoms with Gasteiger partial charge in [-0.3, -0.25) is 4.79 Å². The smallest absolute Gasteiger partial charge is 0.355 e. The molecule has 5 atom stereocenters. The zero-order valence-electron chi connectivity index (χ0n) is 27.6. The van der Waals surface area contributed by atoms with Gasteiger partial charge < -0.3 is 29.7 Å². The Morgan fingerprint density at radius 3 is 2.69 bits per heavy atom. The minimum absolute atomic E-state index is 0.0284. The van der Waals surface area contributed by atoms with Crippen molar-refractivity contribution in [3.8, 4) is 17.0 Å². The monoisotopic (exact) mass is 662 g/mol. The summed E-state index contributed by atoms with van der Waals surface area (Å²) < 4.78 is 45.3. The summed E-state index contributed by atoms with van der Waals surface area (Å²) in [7, 11) is 0. The average Bonchev–Trinajstić information content (AvgIpc) is 3.06. The van der Waals surface area contributed by atoms with Crippen LogP contribution in [0.2, 0.25) is 0 Å². The molecule has 0 aliphatic carbocycles. The van der Waals surface area contributed by atoms with Crippen LogP contribution in [-0.2, 0) is 9.53 Å². The first-order chi connectivity index (χ1) is 23.0. The van der Waals surface area contributed by atoms with Crippen molar-refractivity contribution < 1.29 is 28.2 Å². The molecule has 0 saturated carbocycles. The zero-order valence-corrected chi connectivity index (χ0v) is 27.6. The van der Waals surface area contributed by atoms with E-state index in [4.69, 9.17) is 14.5 Å². The van der Waals surface area contributed by atoms with Gasteiger partial charge in [-0.15, -0.1) is 0 Å². The van der Waals surface area contributed by atoms with Crippen LogP contribution in [-0.4, -0.2) is 87.1 Å². The van der Waals surface area contributed by atoms with E-state index < -0.39 is 35.6 Å². The second kappa shape index (κ2) is 13.1. The number of aliphatic hydroxyl groups is 1. The highest BCUT2D eigenvalue weighted by molar-refractivity contribution is 5.92. The fourth-order valence-corrected chi connectivity index (χ4v) is 6.87. The highest BCUT2D eigenvalue weighted by Gasteiger charge is 2.38. The Bertz CT molecular complexity index is 1890.